The van der Waals surface area contributed by atoms with E-state index in [1.54, 1.807) is 4.90 Å². The van der Waals surface area contributed by atoms with Gasteiger partial charge in [0, 0.05) is 13.1 Å². The Morgan fingerprint density at radius 3 is 2.52 bits per heavy atom. The zero-order valence-electron chi connectivity index (χ0n) is 11.2. The van der Waals surface area contributed by atoms with Gasteiger partial charge in [-0.2, -0.15) is 5.10 Å². The molecule has 0 saturated carbocycles. The minimum atomic E-state index is -0.358. The SMILES string of the molecule is NC(=S)/C(=N/Nc1ccc(F)cc1)C(=O)N1CCOCC1. The Labute approximate surface area is 126 Å². The zero-order valence-corrected chi connectivity index (χ0v) is 12.0. The number of rotatable bonds is 4. The number of hydrogen-bond donors (Lipinski definition) is 2. The molecule has 112 valence electrons. The molecule has 8 heteroatoms. The molecule has 3 N–H and O–H groups in total. The lowest BCUT2D eigenvalue weighted by Crippen LogP contribution is -2.47. The summed E-state index contributed by atoms with van der Waals surface area (Å²) in [6, 6.07) is 5.55. The fraction of sp³-hybridized carbons (Fsp3) is 0.308. The molecule has 1 aliphatic heterocycles. The molecule has 1 heterocycles. The van der Waals surface area contributed by atoms with Gasteiger partial charge < -0.3 is 15.4 Å². The maximum atomic E-state index is 12.8. The molecular weight excluding hydrogens is 295 g/mol. The second kappa shape index (κ2) is 7.09. The van der Waals surface area contributed by atoms with Gasteiger partial charge in [0.25, 0.3) is 5.91 Å². The molecule has 0 radical (unpaired) electrons. The van der Waals surface area contributed by atoms with Crippen molar-refractivity contribution in [1.29, 1.82) is 0 Å². The highest BCUT2D eigenvalue weighted by molar-refractivity contribution is 7.82. The number of ether oxygens (including phenoxy) is 1. The van der Waals surface area contributed by atoms with Crippen LogP contribution in [0.1, 0.15) is 0 Å². The van der Waals surface area contributed by atoms with E-state index in [9.17, 15) is 9.18 Å². The van der Waals surface area contributed by atoms with Crippen LogP contribution in [0, 0.1) is 5.82 Å². The van der Waals surface area contributed by atoms with Crippen molar-refractivity contribution in [1.82, 2.24) is 4.90 Å². The predicted molar refractivity (Wildman–Crippen MR) is 81.6 cm³/mol. The summed E-state index contributed by atoms with van der Waals surface area (Å²) < 4.78 is 18.0. The average Bonchev–Trinajstić information content (AvgIpc) is 2.49. The van der Waals surface area contributed by atoms with Crippen LogP contribution in [-0.4, -0.2) is 47.8 Å². The number of benzene rings is 1. The quantitative estimate of drug-likeness (QED) is 0.487. The molecule has 1 aliphatic rings. The van der Waals surface area contributed by atoms with Crippen molar-refractivity contribution >= 4 is 34.5 Å². The van der Waals surface area contributed by atoms with Crippen molar-refractivity contribution in [2.45, 2.75) is 0 Å². The number of nitrogens with two attached hydrogens (primary N) is 1. The van der Waals surface area contributed by atoms with Crippen molar-refractivity contribution in [3.63, 3.8) is 0 Å². The third kappa shape index (κ3) is 4.20. The molecule has 0 aromatic heterocycles. The first-order valence-corrected chi connectivity index (χ1v) is 6.75. The zero-order chi connectivity index (χ0) is 15.2. The fourth-order valence-corrected chi connectivity index (χ4v) is 1.90. The van der Waals surface area contributed by atoms with Gasteiger partial charge in [0.2, 0.25) is 0 Å². The molecule has 1 fully saturated rings. The summed E-state index contributed by atoms with van der Waals surface area (Å²) in [7, 11) is 0. The van der Waals surface area contributed by atoms with Crippen LogP contribution in [0.4, 0.5) is 10.1 Å². The minimum Gasteiger partial charge on any atom is -0.388 e. The molecule has 1 aromatic rings. The predicted octanol–water partition coefficient (Wildman–Crippen LogP) is 0.738. The van der Waals surface area contributed by atoms with Crippen LogP contribution in [0.2, 0.25) is 0 Å². The van der Waals surface area contributed by atoms with Crippen molar-refractivity contribution in [3.8, 4) is 0 Å². The van der Waals surface area contributed by atoms with Gasteiger partial charge in [0.1, 0.15) is 10.8 Å². The Morgan fingerprint density at radius 1 is 1.33 bits per heavy atom. The summed E-state index contributed by atoms with van der Waals surface area (Å²) in [5, 5.41) is 3.94. The molecule has 1 saturated heterocycles. The van der Waals surface area contributed by atoms with Gasteiger partial charge in [-0.1, -0.05) is 12.2 Å². The van der Waals surface area contributed by atoms with Crippen molar-refractivity contribution in [2.75, 3.05) is 31.7 Å². The smallest absolute Gasteiger partial charge is 0.277 e. The van der Waals surface area contributed by atoms with E-state index in [4.69, 9.17) is 22.7 Å². The van der Waals surface area contributed by atoms with Gasteiger partial charge in [0.05, 0.1) is 18.9 Å². The van der Waals surface area contributed by atoms with E-state index >= 15 is 0 Å². The highest BCUT2D eigenvalue weighted by atomic mass is 32.1. The fourth-order valence-electron chi connectivity index (χ4n) is 1.77. The Balaban J connectivity index is 2.10. The molecule has 1 aromatic carbocycles. The highest BCUT2D eigenvalue weighted by Crippen LogP contribution is 2.08. The van der Waals surface area contributed by atoms with E-state index < -0.39 is 0 Å². The van der Waals surface area contributed by atoms with Crippen LogP contribution in [0.5, 0.6) is 0 Å². The molecule has 6 nitrogen and oxygen atoms in total. The van der Waals surface area contributed by atoms with E-state index in [0.29, 0.717) is 32.0 Å². The van der Waals surface area contributed by atoms with E-state index in [0.717, 1.165) is 0 Å². The largest absolute Gasteiger partial charge is 0.388 e. The molecular formula is C13H15FN4O2S. The van der Waals surface area contributed by atoms with Crippen molar-refractivity contribution in [2.24, 2.45) is 10.8 Å². The normalized spacial score (nSPS) is 15.7. The summed E-state index contributed by atoms with van der Waals surface area (Å²) in [5.74, 6) is -0.705. The van der Waals surface area contributed by atoms with E-state index in [1.807, 2.05) is 0 Å². The Hall–Kier alpha value is -2.06. The number of hydrogen-bond acceptors (Lipinski definition) is 5. The van der Waals surface area contributed by atoms with Gasteiger partial charge in [-0.15, -0.1) is 0 Å². The highest BCUT2D eigenvalue weighted by Gasteiger charge is 2.23. The maximum absolute atomic E-state index is 12.8. The monoisotopic (exact) mass is 310 g/mol. The van der Waals surface area contributed by atoms with Gasteiger partial charge in [-0.3, -0.25) is 10.2 Å². The summed E-state index contributed by atoms with van der Waals surface area (Å²) >= 11 is 4.87. The molecule has 0 spiro atoms. The number of morpholine rings is 1. The van der Waals surface area contributed by atoms with E-state index in [-0.39, 0.29) is 22.4 Å². The van der Waals surface area contributed by atoms with E-state index in [1.165, 1.54) is 24.3 Å². The van der Waals surface area contributed by atoms with Gasteiger partial charge in [-0.05, 0) is 24.3 Å². The number of thiocarbonyl (C=S) groups is 1. The second-order valence-electron chi connectivity index (χ2n) is 4.35. The number of nitrogens with one attached hydrogen (secondary N) is 1. The van der Waals surface area contributed by atoms with Gasteiger partial charge >= 0.3 is 0 Å². The molecule has 0 bridgehead atoms. The van der Waals surface area contributed by atoms with Crippen LogP contribution >= 0.6 is 12.2 Å². The maximum Gasteiger partial charge on any atom is 0.277 e. The third-order valence-electron chi connectivity index (χ3n) is 2.88. The number of carbonyl (C=O) groups is 1. The summed E-state index contributed by atoms with van der Waals surface area (Å²) in [6.45, 7) is 1.89. The number of amides is 1. The van der Waals surface area contributed by atoms with Crippen molar-refractivity contribution < 1.29 is 13.9 Å². The molecule has 0 unspecified atom stereocenters. The van der Waals surface area contributed by atoms with Crippen LogP contribution in [-0.2, 0) is 9.53 Å². The summed E-state index contributed by atoms with van der Waals surface area (Å²) in [6.07, 6.45) is 0. The molecule has 21 heavy (non-hydrogen) atoms. The Bertz CT molecular complexity index is 556. The lowest BCUT2D eigenvalue weighted by atomic mass is 10.3. The van der Waals surface area contributed by atoms with Crippen LogP contribution < -0.4 is 11.2 Å². The number of anilines is 1. The lowest BCUT2D eigenvalue weighted by molar-refractivity contribution is -0.127. The number of halogens is 1. The third-order valence-corrected chi connectivity index (χ3v) is 3.07. The molecule has 0 atom stereocenters. The first kappa shape index (κ1) is 15.3. The first-order chi connectivity index (χ1) is 10.1. The van der Waals surface area contributed by atoms with Gasteiger partial charge in [-0.25, -0.2) is 4.39 Å². The molecule has 1 amide bonds. The molecule has 2 rings (SSSR count). The topological polar surface area (TPSA) is 79.9 Å². The Kier molecular flexibility index (Phi) is 5.18. The Morgan fingerprint density at radius 2 is 1.95 bits per heavy atom. The number of carbonyl (C=O) groups excluding carboxylic acids is 1. The standard InChI is InChI=1S/C13H15FN4O2S/c14-9-1-3-10(4-2-9)16-17-11(12(15)21)13(19)18-5-7-20-8-6-18/h1-4,16H,5-8H2,(H2,15,21)/b17-11-. The first-order valence-electron chi connectivity index (χ1n) is 6.34. The van der Waals surface area contributed by atoms with Gasteiger partial charge in [0.15, 0.2) is 5.71 Å². The summed E-state index contributed by atoms with van der Waals surface area (Å²) in [4.78, 5) is 13.8. The number of nitrogens with zero attached hydrogens (tertiary/aromatic N) is 2. The van der Waals surface area contributed by atoms with Crippen molar-refractivity contribution in [3.05, 3.63) is 30.1 Å². The molecule has 0 aliphatic carbocycles. The average molecular weight is 310 g/mol. The van der Waals surface area contributed by atoms with Crippen LogP contribution in [0.3, 0.4) is 0 Å². The second-order valence-corrected chi connectivity index (χ2v) is 4.79. The van der Waals surface area contributed by atoms with Crippen LogP contribution in [0.25, 0.3) is 0 Å². The number of hydrazone groups is 1. The van der Waals surface area contributed by atoms with E-state index in [2.05, 4.69) is 10.5 Å². The summed E-state index contributed by atoms with van der Waals surface area (Å²) in [5.41, 5.74) is 8.70. The van der Waals surface area contributed by atoms with Crippen LogP contribution in [0.15, 0.2) is 29.4 Å². The lowest BCUT2D eigenvalue weighted by Gasteiger charge is -2.26. The minimum absolute atomic E-state index is 0.0313.